The molecule has 1 aromatic heterocycles. The van der Waals surface area contributed by atoms with Crippen molar-refractivity contribution in [2.24, 2.45) is 0 Å². The number of nitrogens with one attached hydrogen (secondary N) is 2. The molecule has 1 aliphatic rings. The highest BCUT2D eigenvalue weighted by molar-refractivity contribution is 5.78. The first kappa shape index (κ1) is 22.6. The molecular formula is C22H34N8O. The molecule has 1 fully saturated rings. The minimum absolute atomic E-state index is 0.260. The number of hydrogen-bond acceptors (Lipinski definition) is 8. The van der Waals surface area contributed by atoms with Gasteiger partial charge in [-0.05, 0) is 44.9 Å². The molecular weight excluding hydrogens is 392 g/mol. The molecule has 1 amide bonds. The van der Waals surface area contributed by atoms with Crippen LogP contribution >= 0.6 is 0 Å². The maximum Gasteiger partial charge on any atom is 0.233 e. The van der Waals surface area contributed by atoms with Gasteiger partial charge in [-0.1, -0.05) is 6.07 Å². The van der Waals surface area contributed by atoms with Crippen LogP contribution in [0.4, 0.5) is 29.2 Å². The van der Waals surface area contributed by atoms with E-state index in [9.17, 15) is 4.79 Å². The Morgan fingerprint density at radius 3 is 2.55 bits per heavy atom. The lowest BCUT2D eigenvalue weighted by Crippen LogP contribution is -2.27. The van der Waals surface area contributed by atoms with Gasteiger partial charge in [-0.15, -0.1) is 0 Å². The summed E-state index contributed by atoms with van der Waals surface area (Å²) >= 11 is 0. The molecule has 9 nitrogen and oxygen atoms in total. The number of likely N-dealkylation sites (tertiary alicyclic amines) is 1. The van der Waals surface area contributed by atoms with Gasteiger partial charge in [0.1, 0.15) is 0 Å². The van der Waals surface area contributed by atoms with E-state index in [-0.39, 0.29) is 5.91 Å². The van der Waals surface area contributed by atoms with E-state index in [0.717, 1.165) is 50.4 Å². The fourth-order valence-corrected chi connectivity index (χ4v) is 3.55. The number of aromatic nitrogens is 3. The van der Waals surface area contributed by atoms with Gasteiger partial charge in [-0.3, -0.25) is 4.79 Å². The topological polar surface area (TPSA) is 89.5 Å². The molecule has 0 spiro atoms. The molecule has 2 N–H and O–H groups in total. The second-order valence-corrected chi connectivity index (χ2v) is 7.79. The Morgan fingerprint density at radius 1 is 1.10 bits per heavy atom. The van der Waals surface area contributed by atoms with Crippen LogP contribution in [0.15, 0.2) is 24.3 Å². The molecule has 0 radical (unpaired) electrons. The average molecular weight is 427 g/mol. The van der Waals surface area contributed by atoms with Gasteiger partial charge in [-0.2, -0.15) is 15.0 Å². The lowest BCUT2D eigenvalue weighted by atomic mass is 10.2. The SMILES string of the molecule is CCN(CC)c1nc(NCCCN2CCCC2=O)nc(Nc2cccc(N(C)C)c2)n1. The fraction of sp³-hybridized carbons (Fsp3) is 0.545. The Kier molecular flexibility index (Phi) is 7.86. The van der Waals surface area contributed by atoms with E-state index in [0.29, 0.717) is 30.8 Å². The highest BCUT2D eigenvalue weighted by Crippen LogP contribution is 2.22. The summed E-state index contributed by atoms with van der Waals surface area (Å²) in [4.78, 5) is 31.7. The molecule has 9 heteroatoms. The third kappa shape index (κ3) is 6.19. The first-order valence-corrected chi connectivity index (χ1v) is 11.1. The molecule has 3 rings (SSSR count). The van der Waals surface area contributed by atoms with Crippen molar-refractivity contribution >= 4 is 35.1 Å². The zero-order valence-electron chi connectivity index (χ0n) is 19.1. The summed E-state index contributed by atoms with van der Waals surface area (Å²) in [6.07, 6.45) is 2.50. The van der Waals surface area contributed by atoms with Crippen LogP contribution < -0.4 is 20.4 Å². The number of rotatable bonds is 11. The number of amides is 1. The first-order valence-electron chi connectivity index (χ1n) is 11.1. The standard InChI is InChI=1S/C22H34N8O/c1-5-29(6-2)22-26-20(23-13-9-15-30-14-8-12-19(30)31)25-21(27-22)24-17-10-7-11-18(16-17)28(3)4/h7,10-11,16H,5-6,8-9,12-15H2,1-4H3,(H2,23,24,25,26,27). The molecule has 1 aromatic carbocycles. The molecule has 168 valence electrons. The third-order valence-corrected chi connectivity index (χ3v) is 5.35. The van der Waals surface area contributed by atoms with E-state index in [2.05, 4.69) is 61.4 Å². The van der Waals surface area contributed by atoms with Crippen molar-refractivity contribution in [2.45, 2.75) is 33.1 Å². The van der Waals surface area contributed by atoms with Crippen molar-refractivity contribution in [1.29, 1.82) is 0 Å². The van der Waals surface area contributed by atoms with Gasteiger partial charge in [0.2, 0.25) is 23.8 Å². The van der Waals surface area contributed by atoms with Crippen LogP contribution in [0.5, 0.6) is 0 Å². The molecule has 1 aliphatic heterocycles. The lowest BCUT2D eigenvalue weighted by Gasteiger charge is -2.20. The molecule has 31 heavy (non-hydrogen) atoms. The van der Waals surface area contributed by atoms with E-state index in [1.807, 2.05) is 31.1 Å². The van der Waals surface area contributed by atoms with Crippen LogP contribution in [0.25, 0.3) is 0 Å². The highest BCUT2D eigenvalue weighted by Gasteiger charge is 2.19. The lowest BCUT2D eigenvalue weighted by molar-refractivity contribution is -0.127. The van der Waals surface area contributed by atoms with Crippen molar-refractivity contribution < 1.29 is 4.79 Å². The summed E-state index contributed by atoms with van der Waals surface area (Å²) < 4.78 is 0. The van der Waals surface area contributed by atoms with Crippen molar-refractivity contribution in [3.63, 3.8) is 0 Å². The molecule has 1 saturated heterocycles. The van der Waals surface area contributed by atoms with Gasteiger partial charge in [0, 0.05) is 64.6 Å². The van der Waals surface area contributed by atoms with Crippen molar-refractivity contribution in [3.8, 4) is 0 Å². The third-order valence-electron chi connectivity index (χ3n) is 5.35. The minimum atomic E-state index is 0.260. The fourth-order valence-electron chi connectivity index (χ4n) is 3.55. The Morgan fingerprint density at radius 2 is 1.87 bits per heavy atom. The van der Waals surface area contributed by atoms with Crippen molar-refractivity contribution in [3.05, 3.63) is 24.3 Å². The van der Waals surface area contributed by atoms with Crippen LogP contribution in [0.3, 0.4) is 0 Å². The molecule has 0 bridgehead atoms. The molecule has 0 unspecified atom stereocenters. The van der Waals surface area contributed by atoms with Gasteiger partial charge < -0.3 is 25.3 Å². The van der Waals surface area contributed by atoms with E-state index < -0.39 is 0 Å². The van der Waals surface area contributed by atoms with Gasteiger partial charge >= 0.3 is 0 Å². The predicted molar refractivity (Wildman–Crippen MR) is 126 cm³/mol. The van der Waals surface area contributed by atoms with E-state index in [4.69, 9.17) is 0 Å². The average Bonchev–Trinajstić information content (AvgIpc) is 3.17. The highest BCUT2D eigenvalue weighted by atomic mass is 16.2. The van der Waals surface area contributed by atoms with Gasteiger partial charge in [0.25, 0.3) is 0 Å². The summed E-state index contributed by atoms with van der Waals surface area (Å²) in [6, 6.07) is 8.11. The number of anilines is 5. The van der Waals surface area contributed by atoms with Crippen LogP contribution in [0, 0.1) is 0 Å². The number of nitrogens with zero attached hydrogens (tertiary/aromatic N) is 6. The van der Waals surface area contributed by atoms with E-state index in [1.165, 1.54) is 0 Å². The van der Waals surface area contributed by atoms with Crippen molar-refractivity contribution in [2.75, 3.05) is 67.3 Å². The van der Waals surface area contributed by atoms with Crippen molar-refractivity contribution in [1.82, 2.24) is 19.9 Å². The van der Waals surface area contributed by atoms with E-state index in [1.54, 1.807) is 0 Å². The first-order chi connectivity index (χ1) is 15.0. The van der Waals surface area contributed by atoms with Crippen LogP contribution in [0.2, 0.25) is 0 Å². The van der Waals surface area contributed by atoms with Crippen LogP contribution in [-0.2, 0) is 4.79 Å². The van der Waals surface area contributed by atoms with Gasteiger partial charge in [-0.25, -0.2) is 0 Å². The second kappa shape index (κ2) is 10.8. The maximum atomic E-state index is 11.8. The summed E-state index contributed by atoms with van der Waals surface area (Å²) in [7, 11) is 4.02. The molecule has 0 atom stereocenters. The number of carbonyl (C=O) groups excluding carboxylic acids is 1. The Balaban J connectivity index is 1.71. The number of hydrogen-bond donors (Lipinski definition) is 2. The van der Waals surface area contributed by atoms with Crippen LogP contribution in [-0.4, -0.2) is 72.6 Å². The van der Waals surface area contributed by atoms with E-state index >= 15 is 0 Å². The Labute approximate surface area is 184 Å². The molecule has 2 aromatic rings. The summed E-state index contributed by atoms with van der Waals surface area (Å²) in [5.74, 6) is 1.94. The largest absolute Gasteiger partial charge is 0.378 e. The van der Waals surface area contributed by atoms with Gasteiger partial charge in [0.05, 0.1) is 0 Å². The van der Waals surface area contributed by atoms with Crippen LogP contribution in [0.1, 0.15) is 33.1 Å². The molecule has 0 saturated carbocycles. The normalized spacial score (nSPS) is 13.4. The zero-order valence-corrected chi connectivity index (χ0v) is 19.1. The van der Waals surface area contributed by atoms with Gasteiger partial charge in [0.15, 0.2) is 0 Å². The quantitative estimate of drug-likeness (QED) is 0.530. The molecule has 0 aliphatic carbocycles. The number of carbonyl (C=O) groups is 1. The molecule has 2 heterocycles. The number of benzene rings is 1. The summed E-state index contributed by atoms with van der Waals surface area (Å²) in [5, 5.41) is 6.62. The Hall–Kier alpha value is -3.10. The minimum Gasteiger partial charge on any atom is -0.378 e. The Bertz CT molecular complexity index is 868. The smallest absolute Gasteiger partial charge is 0.233 e. The maximum absolute atomic E-state index is 11.8. The summed E-state index contributed by atoms with van der Waals surface area (Å²) in [6.45, 7) is 8.13. The second-order valence-electron chi connectivity index (χ2n) is 7.79. The monoisotopic (exact) mass is 426 g/mol. The summed E-state index contributed by atoms with van der Waals surface area (Å²) in [5.41, 5.74) is 2.01. The zero-order chi connectivity index (χ0) is 22.2. The predicted octanol–water partition coefficient (Wildman–Crippen LogP) is 2.95.